The maximum Gasteiger partial charge on any atom is 0.115 e. The summed E-state index contributed by atoms with van der Waals surface area (Å²) in [5, 5.41) is 9.82. The fraction of sp³-hybridized carbons (Fsp3) is 0.185. The molecule has 0 aliphatic heterocycles. The Bertz CT molecular complexity index is 1100. The van der Waals surface area contributed by atoms with Gasteiger partial charge in [-0.2, -0.15) is 0 Å². The molecule has 28 heavy (non-hydrogen) atoms. The van der Waals surface area contributed by atoms with E-state index in [4.69, 9.17) is 0 Å². The van der Waals surface area contributed by atoms with Crippen LogP contribution in [-0.4, -0.2) is 5.11 Å². The van der Waals surface area contributed by atoms with Crippen LogP contribution in [-0.2, 0) is 6.42 Å². The predicted octanol–water partition coefficient (Wildman–Crippen LogP) is 7.05. The highest BCUT2D eigenvalue weighted by molar-refractivity contribution is 6.01. The smallest absolute Gasteiger partial charge is 0.115 e. The Hall–Kier alpha value is -3.06. The molecule has 1 nitrogen and oxygen atoms in total. The zero-order chi connectivity index (χ0) is 19.8. The van der Waals surface area contributed by atoms with E-state index < -0.39 is 0 Å². The molecule has 4 rings (SSSR count). The Balaban J connectivity index is 1.98. The van der Waals surface area contributed by atoms with Crippen molar-refractivity contribution < 1.29 is 5.11 Å². The van der Waals surface area contributed by atoms with Crippen molar-refractivity contribution in [3.8, 4) is 0 Å². The van der Waals surface area contributed by atoms with E-state index in [9.17, 15) is 5.11 Å². The topological polar surface area (TPSA) is 20.2 Å². The summed E-state index contributed by atoms with van der Waals surface area (Å²) in [5.74, 6) is 0.129. The number of allylic oxidation sites excluding steroid dienone is 1. The first kappa shape index (κ1) is 18.3. The third kappa shape index (κ3) is 3.29. The fourth-order valence-electron chi connectivity index (χ4n) is 4.24. The molecule has 0 spiro atoms. The molecular weight excluding hydrogens is 340 g/mol. The largest absolute Gasteiger partial charge is 0.508 e. The molecule has 0 saturated carbocycles. The van der Waals surface area contributed by atoms with Crippen molar-refractivity contribution in [2.24, 2.45) is 0 Å². The van der Waals surface area contributed by atoms with Gasteiger partial charge in [0.1, 0.15) is 5.76 Å². The third-order valence-electron chi connectivity index (χ3n) is 5.70. The van der Waals surface area contributed by atoms with Crippen LogP contribution in [0, 0.1) is 20.8 Å². The quantitative estimate of drug-likeness (QED) is 0.493. The van der Waals surface area contributed by atoms with Gasteiger partial charge in [-0.1, -0.05) is 72.3 Å². The Labute approximate surface area is 167 Å². The van der Waals surface area contributed by atoms with Gasteiger partial charge < -0.3 is 5.11 Å². The number of benzene rings is 3. The number of fused-ring (bicyclic) bond motifs is 1. The second-order valence-corrected chi connectivity index (χ2v) is 7.86. The molecule has 0 unspecified atom stereocenters. The van der Waals surface area contributed by atoms with Crippen LogP contribution in [0.2, 0.25) is 0 Å². The van der Waals surface area contributed by atoms with Crippen LogP contribution in [0.4, 0.5) is 0 Å². The molecule has 0 fully saturated rings. The first-order valence-electron chi connectivity index (χ1n) is 9.83. The Kier molecular flexibility index (Phi) is 4.68. The first-order valence-corrected chi connectivity index (χ1v) is 9.83. The van der Waals surface area contributed by atoms with Gasteiger partial charge in [-0.05, 0) is 78.6 Å². The van der Waals surface area contributed by atoms with Gasteiger partial charge in [0.15, 0.2) is 0 Å². The summed E-state index contributed by atoms with van der Waals surface area (Å²) in [7, 11) is 0. The number of aliphatic hydroxyl groups is 1. The second kappa shape index (κ2) is 7.16. The van der Waals surface area contributed by atoms with Crippen LogP contribution < -0.4 is 0 Å². The molecule has 3 aromatic rings. The van der Waals surface area contributed by atoms with Crippen molar-refractivity contribution in [2.45, 2.75) is 33.6 Å². The molecule has 1 aliphatic rings. The van der Waals surface area contributed by atoms with Crippen LogP contribution in [0.5, 0.6) is 0 Å². The summed E-state index contributed by atoms with van der Waals surface area (Å²) in [5.41, 5.74) is 12.5. The van der Waals surface area contributed by atoms with E-state index in [1.54, 1.807) is 0 Å². The van der Waals surface area contributed by atoms with Gasteiger partial charge >= 0.3 is 0 Å². The lowest BCUT2D eigenvalue weighted by molar-refractivity contribution is 0.513. The number of aliphatic hydroxyl groups excluding tert-OH is 1. The average molecular weight is 367 g/mol. The molecule has 0 heterocycles. The summed E-state index contributed by atoms with van der Waals surface area (Å²) in [6, 6.07) is 21.8. The summed E-state index contributed by atoms with van der Waals surface area (Å²) in [6.07, 6.45) is 1.95. The van der Waals surface area contributed by atoms with Crippen molar-refractivity contribution in [2.75, 3.05) is 0 Å². The van der Waals surface area contributed by atoms with Gasteiger partial charge in [0.25, 0.3) is 0 Å². The van der Waals surface area contributed by atoms with Crippen LogP contribution >= 0.6 is 0 Å². The minimum absolute atomic E-state index is 0.129. The van der Waals surface area contributed by atoms with E-state index in [2.05, 4.69) is 81.9 Å². The van der Waals surface area contributed by atoms with Crippen molar-refractivity contribution in [1.29, 1.82) is 0 Å². The summed E-state index contributed by atoms with van der Waals surface area (Å²) in [6.45, 7) is 10.2. The van der Waals surface area contributed by atoms with E-state index in [1.165, 1.54) is 50.1 Å². The van der Waals surface area contributed by atoms with Gasteiger partial charge in [-0.15, -0.1) is 0 Å². The van der Waals surface area contributed by atoms with Crippen molar-refractivity contribution >= 4 is 16.9 Å². The molecule has 1 heteroatoms. The minimum Gasteiger partial charge on any atom is -0.508 e. The zero-order valence-electron chi connectivity index (χ0n) is 16.8. The molecule has 1 aliphatic carbocycles. The maximum absolute atomic E-state index is 9.82. The van der Waals surface area contributed by atoms with Crippen molar-refractivity contribution in [1.82, 2.24) is 0 Å². The van der Waals surface area contributed by atoms with E-state index in [0.29, 0.717) is 0 Å². The number of hydrogen-bond donors (Lipinski definition) is 1. The summed E-state index contributed by atoms with van der Waals surface area (Å²) >= 11 is 0. The predicted molar refractivity (Wildman–Crippen MR) is 119 cm³/mol. The molecular formula is C27H26O. The molecule has 0 atom stereocenters. The van der Waals surface area contributed by atoms with E-state index in [-0.39, 0.29) is 5.76 Å². The number of rotatable bonds is 3. The molecule has 0 aromatic heterocycles. The molecule has 3 aromatic carbocycles. The van der Waals surface area contributed by atoms with Crippen LogP contribution in [0.25, 0.3) is 16.9 Å². The molecule has 0 bridgehead atoms. The lowest BCUT2D eigenvalue weighted by Gasteiger charge is -2.26. The van der Waals surface area contributed by atoms with Crippen molar-refractivity contribution in [3.05, 3.63) is 112 Å². The minimum atomic E-state index is 0.129. The zero-order valence-corrected chi connectivity index (χ0v) is 16.8. The molecule has 0 radical (unpaired) electrons. The summed E-state index contributed by atoms with van der Waals surface area (Å²) in [4.78, 5) is 0. The van der Waals surface area contributed by atoms with Gasteiger partial charge in [0.2, 0.25) is 0 Å². The lowest BCUT2D eigenvalue weighted by Crippen LogP contribution is -2.08. The highest BCUT2D eigenvalue weighted by Gasteiger charge is 2.23. The average Bonchev–Trinajstić information content (AvgIpc) is 2.67. The maximum atomic E-state index is 9.82. The standard InChI is InChI=1S/C27H26O/c1-17-5-8-21(9-6-17)27-25-13-10-22(20(4)28)16-23(25)11-14-26(27)24-12-7-18(2)15-19(24)3/h5-10,12-13,15-16,28H,4,11,14H2,1-3H3. The van der Waals surface area contributed by atoms with Crippen molar-refractivity contribution in [3.63, 3.8) is 0 Å². The van der Waals surface area contributed by atoms with Gasteiger partial charge in [0.05, 0.1) is 0 Å². The van der Waals surface area contributed by atoms with Crippen LogP contribution in [0.15, 0.2) is 67.2 Å². The highest BCUT2D eigenvalue weighted by Crippen LogP contribution is 2.42. The second-order valence-electron chi connectivity index (χ2n) is 7.86. The van der Waals surface area contributed by atoms with E-state index in [1.807, 2.05) is 6.07 Å². The van der Waals surface area contributed by atoms with Gasteiger partial charge in [-0.25, -0.2) is 0 Å². The molecule has 0 saturated heterocycles. The van der Waals surface area contributed by atoms with E-state index in [0.717, 1.165) is 18.4 Å². The van der Waals surface area contributed by atoms with Crippen LogP contribution in [0.3, 0.4) is 0 Å². The number of hydrogen-bond acceptors (Lipinski definition) is 1. The Morgan fingerprint density at radius 1 is 0.786 bits per heavy atom. The Morgan fingerprint density at radius 2 is 1.46 bits per heavy atom. The van der Waals surface area contributed by atoms with Gasteiger partial charge in [-0.3, -0.25) is 0 Å². The third-order valence-corrected chi connectivity index (χ3v) is 5.70. The monoisotopic (exact) mass is 366 g/mol. The van der Waals surface area contributed by atoms with E-state index >= 15 is 0 Å². The first-order chi connectivity index (χ1) is 13.4. The van der Waals surface area contributed by atoms with Gasteiger partial charge in [0, 0.05) is 5.56 Å². The SMILES string of the molecule is C=C(O)c1ccc2c(c1)CCC(c1ccc(C)cc1C)=C2c1ccc(C)cc1. The number of aryl methyl sites for hydroxylation is 4. The Morgan fingerprint density at radius 3 is 2.14 bits per heavy atom. The molecule has 1 N–H and O–H groups in total. The normalized spacial score (nSPS) is 13.4. The summed E-state index contributed by atoms with van der Waals surface area (Å²) < 4.78 is 0. The lowest BCUT2D eigenvalue weighted by atomic mass is 9.78. The fourth-order valence-corrected chi connectivity index (χ4v) is 4.24. The molecule has 140 valence electrons. The highest BCUT2D eigenvalue weighted by atomic mass is 16.3. The molecule has 0 amide bonds. The van der Waals surface area contributed by atoms with Crippen LogP contribution in [0.1, 0.15) is 50.9 Å².